The second kappa shape index (κ2) is 5.87. The molecule has 0 aliphatic rings. The third kappa shape index (κ3) is 3.05. The van der Waals surface area contributed by atoms with Crippen LogP contribution in [0.4, 0.5) is 5.69 Å². The van der Waals surface area contributed by atoms with E-state index in [4.69, 9.17) is 4.74 Å². The van der Waals surface area contributed by atoms with Crippen molar-refractivity contribution in [2.75, 3.05) is 12.4 Å². The van der Waals surface area contributed by atoms with Gasteiger partial charge in [0.25, 0.3) is 0 Å². The van der Waals surface area contributed by atoms with Gasteiger partial charge in [-0.25, -0.2) is 0 Å². The number of phenolic OH excluding ortho intramolecular Hbond substituents is 1. The molecule has 0 saturated heterocycles. The van der Waals surface area contributed by atoms with E-state index in [2.05, 4.69) is 24.4 Å². The van der Waals surface area contributed by atoms with Crippen molar-refractivity contribution in [1.29, 1.82) is 0 Å². The lowest BCUT2D eigenvalue weighted by molar-refractivity contribution is 0.407. The summed E-state index contributed by atoms with van der Waals surface area (Å²) in [7, 11) is 1.68. The number of aromatic hydroxyl groups is 1. The van der Waals surface area contributed by atoms with Gasteiger partial charge in [0.2, 0.25) is 0 Å². The second-order valence-electron chi connectivity index (χ2n) is 5.11. The molecule has 1 atom stereocenters. The van der Waals surface area contributed by atoms with Gasteiger partial charge < -0.3 is 15.2 Å². The molecule has 0 aliphatic heterocycles. The van der Waals surface area contributed by atoms with Crippen LogP contribution >= 0.6 is 0 Å². The van der Waals surface area contributed by atoms with E-state index in [0.29, 0.717) is 5.75 Å². The highest BCUT2D eigenvalue weighted by Gasteiger charge is 2.12. The first-order chi connectivity index (χ1) is 9.51. The molecule has 0 saturated carbocycles. The van der Waals surface area contributed by atoms with Crippen molar-refractivity contribution in [3.8, 4) is 11.5 Å². The first-order valence-corrected chi connectivity index (χ1v) is 6.72. The standard InChI is InChI=1S/C17H21NO2/c1-11-5-8-15(17(9-11)20-4)13(3)18-14-7-6-12(2)16(19)10-14/h5-10,13,18-19H,1-4H3. The minimum absolute atomic E-state index is 0.0904. The third-order valence-corrected chi connectivity index (χ3v) is 3.45. The van der Waals surface area contributed by atoms with Gasteiger partial charge in [-0.15, -0.1) is 0 Å². The number of ether oxygens (including phenoxy) is 1. The van der Waals surface area contributed by atoms with E-state index in [1.165, 1.54) is 5.56 Å². The van der Waals surface area contributed by atoms with Gasteiger partial charge in [0, 0.05) is 17.3 Å². The largest absolute Gasteiger partial charge is 0.508 e. The smallest absolute Gasteiger partial charge is 0.124 e. The maximum atomic E-state index is 9.76. The molecule has 1 unspecified atom stereocenters. The van der Waals surface area contributed by atoms with E-state index in [0.717, 1.165) is 22.6 Å². The number of anilines is 1. The molecular formula is C17H21NO2. The summed E-state index contributed by atoms with van der Waals surface area (Å²) in [5, 5.41) is 13.1. The Morgan fingerprint density at radius 3 is 2.50 bits per heavy atom. The molecule has 0 spiro atoms. The van der Waals surface area contributed by atoms with Gasteiger partial charge in [-0.3, -0.25) is 0 Å². The molecule has 0 aromatic heterocycles. The quantitative estimate of drug-likeness (QED) is 0.876. The van der Waals surface area contributed by atoms with Crippen molar-refractivity contribution in [2.45, 2.75) is 26.8 Å². The van der Waals surface area contributed by atoms with Crippen LogP contribution < -0.4 is 10.1 Å². The number of aryl methyl sites for hydroxylation is 2. The van der Waals surface area contributed by atoms with Crippen molar-refractivity contribution in [2.24, 2.45) is 0 Å². The lowest BCUT2D eigenvalue weighted by Gasteiger charge is -2.19. The average molecular weight is 271 g/mol. The fraction of sp³-hybridized carbons (Fsp3) is 0.294. The summed E-state index contributed by atoms with van der Waals surface area (Å²) in [5.41, 5.74) is 4.03. The number of rotatable bonds is 4. The van der Waals surface area contributed by atoms with Crippen LogP contribution in [-0.2, 0) is 0 Å². The van der Waals surface area contributed by atoms with Gasteiger partial charge in [-0.1, -0.05) is 18.2 Å². The minimum atomic E-state index is 0.0904. The van der Waals surface area contributed by atoms with Gasteiger partial charge in [0.1, 0.15) is 11.5 Å². The molecule has 2 N–H and O–H groups in total. The van der Waals surface area contributed by atoms with Crippen LogP contribution in [0.3, 0.4) is 0 Å². The van der Waals surface area contributed by atoms with Crippen molar-refractivity contribution >= 4 is 5.69 Å². The van der Waals surface area contributed by atoms with Gasteiger partial charge in [0.05, 0.1) is 13.2 Å². The highest BCUT2D eigenvalue weighted by atomic mass is 16.5. The fourth-order valence-corrected chi connectivity index (χ4v) is 2.20. The molecule has 0 bridgehead atoms. The number of benzene rings is 2. The van der Waals surface area contributed by atoms with E-state index in [9.17, 15) is 5.11 Å². The second-order valence-corrected chi connectivity index (χ2v) is 5.11. The van der Waals surface area contributed by atoms with Crippen LogP contribution in [0.5, 0.6) is 11.5 Å². The normalized spacial score (nSPS) is 12.0. The topological polar surface area (TPSA) is 41.5 Å². The Hall–Kier alpha value is -2.16. The Labute approximate surface area is 120 Å². The summed E-state index contributed by atoms with van der Waals surface area (Å²) in [4.78, 5) is 0. The van der Waals surface area contributed by atoms with Gasteiger partial charge >= 0.3 is 0 Å². The van der Waals surface area contributed by atoms with Gasteiger partial charge in [-0.2, -0.15) is 0 Å². The van der Waals surface area contributed by atoms with E-state index in [1.807, 2.05) is 32.0 Å². The summed E-state index contributed by atoms with van der Waals surface area (Å²) in [6, 6.07) is 11.9. The van der Waals surface area contributed by atoms with E-state index in [-0.39, 0.29) is 6.04 Å². The Morgan fingerprint density at radius 2 is 1.85 bits per heavy atom. The monoisotopic (exact) mass is 271 g/mol. The number of methoxy groups -OCH3 is 1. The maximum absolute atomic E-state index is 9.76. The molecule has 3 heteroatoms. The van der Waals surface area contributed by atoms with Gasteiger partial charge in [-0.05, 0) is 44.0 Å². The van der Waals surface area contributed by atoms with E-state index < -0.39 is 0 Å². The van der Waals surface area contributed by atoms with Crippen LogP contribution in [0.2, 0.25) is 0 Å². The summed E-state index contributed by atoms with van der Waals surface area (Å²) in [6.07, 6.45) is 0. The average Bonchev–Trinajstić information content (AvgIpc) is 2.42. The minimum Gasteiger partial charge on any atom is -0.508 e. The predicted octanol–water partition coefficient (Wildman–Crippen LogP) is 4.19. The van der Waals surface area contributed by atoms with E-state index >= 15 is 0 Å². The van der Waals surface area contributed by atoms with Crippen LogP contribution in [0.25, 0.3) is 0 Å². The Bertz CT molecular complexity index is 608. The zero-order valence-corrected chi connectivity index (χ0v) is 12.4. The van der Waals surface area contributed by atoms with Crippen LogP contribution in [0, 0.1) is 13.8 Å². The molecule has 2 rings (SSSR count). The summed E-state index contributed by atoms with van der Waals surface area (Å²) in [5.74, 6) is 1.18. The molecule has 0 radical (unpaired) electrons. The van der Waals surface area contributed by atoms with E-state index in [1.54, 1.807) is 13.2 Å². The highest BCUT2D eigenvalue weighted by molar-refractivity contribution is 5.53. The zero-order chi connectivity index (χ0) is 14.7. The summed E-state index contributed by atoms with van der Waals surface area (Å²) >= 11 is 0. The molecular weight excluding hydrogens is 250 g/mol. The fourth-order valence-electron chi connectivity index (χ4n) is 2.20. The molecule has 106 valence electrons. The Kier molecular flexibility index (Phi) is 4.18. The molecule has 0 fully saturated rings. The SMILES string of the molecule is COc1cc(C)ccc1C(C)Nc1ccc(C)c(O)c1. The zero-order valence-electron chi connectivity index (χ0n) is 12.4. The van der Waals surface area contributed by atoms with Crippen LogP contribution in [-0.4, -0.2) is 12.2 Å². The first kappa shape index (κ1) is 14.3. The van der Waals surface area contributed by atoms with Crippen molar-refractivity contribution < 1.29 is 9.84 Å². The van der Waals surface area contributed by atoms with Gasteiger partial charge in [0.15, 0.2) is 0 Å². The predicted molar refractivity (Wildman–Crippen MR) is 82.6 cm³/mol. The third-order valence-electron chi connectivity index (χ3n) is 3.45. The lowest BCUT2D eigenvalue weighted by Crippen LogP contribution is -2.08. The molecule has 2 aromatic rings. The molecule has 3 nitrogen and oxygen atoms in total. The number of nitrogens with one attached hydrogen (secondary N) is 1. The lowest BCUT2D eigenvalue weighted by atomic mass is 10.0. The Morgan fingerprint density at radius 1 is 1.10 bits per heavy atom. The molecule has 20 heavy (non-hydrogen) atoms. The van der Waals surface area contributed by atoms with Crippen molar-refractivity contribution in [3.63, 3.8) is 0 Å². The van der Waals surface area contributed by atoms with Crippen molar-refractivity contribution in [1.82, 2.24) is 0 Å². The number of phenols is 1. The molecule has 2 aromatic carbocycles. The summed E-state index contributed by atoms with van der Waals surface area (Å²) in [6.45, 7) is 6.00. The van der Waals surface area contributed by atoms with Crippen molar-refractivity contribution in [3.05, 3.63) is 53.1 Å². The maximum Gasteiger partial charge on any atom is 0.124 e. The molecule has 0 aliphatic carbocycles. The molecule has 0 amide bonds. The number of hydrogen-bond donors (Lipinski definition) is 2. The first-order valence-electron chi connectivity index (χ1n) is 6.72. The van der Waals surface area contributed by atoms with Crippen LogP contribution in [0.15, 0.2) is 36.4 Å². The Balaban J connectivity index is 2.23. The summed E-state index contributed by atoms with van der Waals surface area (Å²) < 4.78 is 5.44. The number of hydrogen-bond acceptors (Lipinski definition) is 3. The van der Waals surface area contributed by atoms with Crippen LogP contribution in [0.1, 0.15) is 29.7 Å². The highest BCUT2D eigenvalue weighted by Crippen LogP contribution is 2.30. The molecule has 0 heterocycles.